The van der Waals surface area contributed by atoms with Gasteiger partial charge in [0.05, 0.1) is 23.1 Å². The molecule has 0 bridgehead atoms. The van der Waals surface area contributed by atoms with Crippen LogP contribution in [0.1, 0.15) is 17.3 Å². The number of nitrogens with zero attached hydrogens (tertiary/aromatic N) is 1. The fourth-order valence-electron chi connectivity index (χ4n) is 1.68. The number of carbonyl (C=O) groups is 1. The van der Waals surface area contributed by atoms with Crippen LogP contribution in [-0.4, -0.2) is 16.6 Å². The second kappa shape index (κ2) is 6.63. The Bertz CT molecular complexity index is 634. The molecule has 4 nitrogen and oxygen atoms in total. The number of benzene rings is 1. The fraction of sp³-hybridized carbons (Fsp3) is 0.143. The number of nitrogens with one attached hydrogen (secondary N) is 1. The molecule has 0 atom stereocenters. The van der Waals surface area contributed by atoms with Gasteiger partial charge in [-0.3, -0.25) is 4.79 Å². The maximum atomic E-state index is 12.3. The average Bonchev–Trinajstić information content (AvgIpc) is 2.44. The average molecular weight is 308 g/mol. The first-order valence-corrected chi connectivity index (χ1v) is 7.42. The predicted octanol–water partition coefficient (Wildman–Crippen LogP) is 3.68. The number of nitrogens with two attached hydrogens (primary N) is 1. The van der Waals surface area contributed by atoms with Crippen LogP contribution >= 0.6 is 23.4 Å². The number of thioether (sulfide) groups is 1. The van der Waals surface area contributed by atoms with E-state index in [9.17, 15) is 4.79 Å². The summed E-state index contributed by atoms with van der Waals surface area (Å²) in [7, 11) is 0. The smallest absolute Gasteiger partial charge is 0.257 e. The predicted molar refractivity (Wildman–Crippen MR) is 84.5 cm³/mol. The van der Waals surface area contributed by atoms with Crippen LogP contribution in [0.2, 0.25) is 5.15 Å². The number of halogens is 1. The van der Waals surface area contributed by atoms with Gasteiger partial charge < -0.3 is 11.1 Å². The van der Waals surface area contributed by atoms with E-state index in [2.05, 4.69) is 17.2 Å². The molecule has 2 rings (SSSR count). The van der Waals surface area contributed by atoms with E-state index >= 15 is 0 Å². The van der Waals surface area contributed by atoms with Gasteiger partial charge in [0, 0.05) is 4.90 Å². The minimum atomic E-state index is -0.295. The lowest BCUT2D eigenvalue weighted by Crippen LogP contribution is -2.15. The molecule has 0 aliphatic rings. The van der Waals surface area contributed by atoms with Crippen molar-refractivity contribution in [2.75, 3.05) is 16.8 Å². The van der Waals surface area contributed by atoms with Gasteiger partial charge in [-0.15, -0.1) is 11.8 Å². The molecule has 1 aromatic carbocycles. The standard InChI is InChI=1S/C14H14ClN3OS/c1-2-20-12-6-4-3-5-11(12)18-14(19)9-7-13(15)17-8-10(9)16/h3-8H,2,16H2,1H3,(H,18,19). The summed E-state index contributed by atoms with van der Waals surface area (Å²) in [5.41, 5.74) is 7.13. The van der Waals surface area contributed by atoms with E-state index in [1.807, 2.05) is 24.3 Å². The molecule has 0 aliphatic carbocycles. The summed E-state index contributed by atoms with van der Waals surface area (Å²) in [6.45, 7) is 2.06. The highest BCUT2D eigenvalue weighted by Crippen LogP contribution is 2.27. The minimum Gasteiger partial charge on any atom is -0.397 e. The number of anilines is 2. The normalized spacial score (nSPS) is 10.3. The molecule has 104 valence electrons. The summed E-state index contributed by atoms with van der Waals surface area (Å²) >= 11 is 7.46. The molecule has 1 amide bonds. The third kappa shape index (κ3) is 3.43. The van der Waals surface area contributed by atoms with E-state index in [1.54, 1.807) is 11.8 Å². The first-order valence-electron chi connectivity index (χ1n) is 6.06. The third-order valence-electron chi connectivity index (χ3n) is 2.58. The summed E-state index contributed by atoms with van der Waals surface area (Å²) < 4.78 is 0. The van der Waals surface area contributed by atoms with Gasteiger partial charge >= 0.3 is 0 Å². The van der Waals surface area contributed by atoms with E-state index in [0.717, 1.165) is 16.3 Å². The number of aromatic nitrogens is 1. The lowest BCUT2D eigenvalue weighted by Gasteiger charge is -2.11. The zero-order valence-electron chi connectivity index (χ0n) is 10.9. The lowest BCUT2D eigenvalue weighted by molar-refractivity contribution is 0.102. The second-order valence-corrected chi connectivity index (χ2v) is 5.67. The quantitative estimate of drug-likeness (QED) is 0.668. The van der Waals surface area contributed by atoms with Crippen molar-refractivity contribution >= 4 is 40.6 Å². The molecule has 20 heavy (non-hydrogen) atoms. The number of hydrogen-bond donors (Lipinski definition) is 2. The first-order chi connectivity index (χ1) is 9.61. The van der Waals surface area contributed by atoms with Gasteiger partial charge in [-0.25, -0.2) is 4.98 Å². The van der Waals surface area contributed by atoms with Crippen molar-refractivity contribution in [3.63, 3.8) is 0 Å². The maximum absolute atomic E-state index is 12.3. The molecule has 0 fully saturated rings. The van der Waals surface area contributed by atoms with Gasteiger partial charge in [-0.1, -0.05) is 30.7 Å². The molecule has 0 saturated heterocycles. The molecule has 0 aliphatic heterocycles. The summed E-state index contributed by atoms with van der Waals surface area (Å²) in [5.74, 6) is 0.631. The van der Waals surface area contributed by atoms with Crippen molar-refractivity contribution in [1.82, 2.24) is 4.98 Å². The molecule has 0 unspecified atom stereocenters. The highest BCUT2D eigenvalue weighted by Gasteiger charge is 2.13. The largest absolute Gasteiger partial charge is 0.397 e. The van der Waals surface area contributed by atoms with Crippen LogP contribution in [0.15, 0.2) is 41.4 Å². The van der Waals surface area contributed by atoms with Crippen molar-refractivity contribution in [2.24, 2.45) is 0 Å². The van der Waals surface area contributed by atoms with Crippen LogP contribution in [0.25, 0.3) is 0 Å². The van der Waals surface area contributed by atoms with Crippen LogP contribution in [0.4, 0.5) is 11.4 Å². The Labute approximate surface area is 126 Å². The SMILES string of the molecule is CCSc1ccccc1NC(=O)c1cc(Cl)ncc1N. The molecule has 1 heterocycles. The summed E-state index contributed by atoms with van der Waals surface area (Å²) in [6, 6.07) is 9.09. The van der Waals surface area contributed by atoms with Gasteiger partial charge in [-0.2, -0.15) is 0 Å². The summed E-state index contributed by atoms with van der Waals surface area (Å²) in [5, 5.41) is 3.09. The van der Waals surface area contributed by atoms with Gasteiger partial charge in [0.1, 0.15) is 5.15 Å². The van der Waals surface area contributed by atoms with E-state index in [0.29, 0.717) is 11.3 Å². The van der Waals surface area contributed by atoms with Crippen molar-refractivity contribution in [2.45, 2.75) is 11.8 Å². The van der Waals surface area contributed by atoms with Crippen molar-refractivity contribution < 1.29 is 4.79 Å². The second-order valence-electron chi connectivity index (χ2n) is 3.98. The van der Waals surface area contributed by atoms with Gasteiger partial charge in [0.15, 0.2) is 0 Å². The van der Waals surface area contributed by atoms with Gasteiger partial charge in [0.2, 0.25) is 0 Å². The molecular weight excluding hydrogens is 294 g/mol. The molecule has 2 aromatic rings. The number of carbonyl (C=O) groups excluding carboxylic acids is 1. The van der Waals surface area contributed by atoms with Crippen molar-refractivity contribution in [3.05, 3.63) is 47.2 Å². The van der Waals surface area contributed by atoms with E-state index in [-0.39, 0.29) is 11.1 Å². The monoisotopic (exact) mass is 307 g/mol. The van der Waals surface area contributed by atoms with E-state index in [1.165, 1.54) is 12.3 Å². The Balaban J connectivity index is 2.26. The zero-order chi connectivity index (χ0) is 14.5. The van der Waals surface area contributed by atoms with Crippen LogP contribution in [0.5, 0.6) is 0 Å². The number of hydrogen-bond acceptors (Lipinski definition) is 4. The third-order valence-corrected chi connectivity index (χ3v) is 3.74. The Morgan fingerprint density at radius 1 is 1.45 bits per heavy atom. The molecular formula is C14H14ClN3OS. The highest BCUT2D eigenvalue weighted by atomic mass is 35.5. The molecule has 3 N–H and O–H groups in total. The van der Waals surface area contributed by atoms with Gasteiger partial charge in [-0.05, 0) is 24.0 Å². The Morgan fingerprint density at radius 3 is 2.95 bits per heavy atom. The van der Waals surface area contributed by atoms with Crippen molar-refractivity contribution in [3.8, 4) is 0 Å². The van der Waals surface area contributed by atoms with Gasteiger partial charge in [0.25, 0.3) is 5.91 Å². The van der Waals surface area contributed by atoms with E-state index < -0.39 is 0 Å². The van der Waals surface area contributed by atoms with Crippen LogP contribution in [-0.2, 0) is 0 Å². The number of para-hydroxylation sites is 1. The number of rotatable bonds is 4. The topological polar surface area (TPSA) is 68.0 Å². The zero-order valence-corrected chi connectivity index (χ0v) is 12.5. The Kier molecular flexibility index (Phi) is 4.87. The highest BCUT2D eigenvalue weighted by molar-refractivity contribution is 7.99. The lowest BCUT2D eigenvalue weighted by atomic mass is 10.2. The maximum Gasteiger partial charge on any atom is 0.257 e. The molecule has 0 radical (unpaired) electrons. The molecule has 0 saturated carbocycles. The summed E-state index contributed by atoms with van der Waals surface area (Å²) in [6.07, 6.45) is 1.38. The van der Waals surface area contributed by atoms with Crippen LogP contribution < -0.4 is 11.1 Å². The summed E-state index contributed by atoms with van der Waals surface area (Å²) in [4.78, 5) is 17.1. The first kappa shape index (κ1) is 14.7. The van der Waals surface area contributed by atoms with Crippen molar-refractivity contribution in [1.29, 1.82) is 0 Å². The molecule has 6 heteroatoms. The number of pyridine rings is 1. The van der Waals surface area contributed by atoms with Crippen LogP contribution in [0, 0.1) is 0 Å². The Hall–Kier alpha value is -1.72. The number of amides is 1. The molecule has 1 aromatic heterocycles. The Morgan fingerprint density at radius 2 is 2.20 bits per heavy atom. The van der Waals surface area contributed by atoms with E-state index in [4.69, 9.17) is 17.3 Å². The number of nitrogen functional groups attached to an aromatic ring is 1. The minimum absolute atomic E-state index is 0.237. The fourth-order valence-corrected chi connectivity index (χ4v) is 2.60. The van der Waals surface area contributed by atoms with Crippen LogP contribution in [0.3, 0.4) is 0 Å². The molecule has 0 spiro atoms.